The quantitative estimate of drug-likeness (QED) is 0.624. The molecule has 1 nitrogen and oxygen atoms in total. The Balaban J connectivity index is 2.93. The average molecular weight is 178 g/mol. The van der Waals surface area contributed by atoms with Gasteiger partial charge in [-0.1, -0.05) is 20.8 Å². The van der Waals surface area contributed by atoms with E-state index in [1.807, 2.05) is 0 Å². The number of hydrogen-bond acceptors (Lipinski definition) is 0. The molecule has 1 rings (SSSR count). The summed E-state index contributed by atoms with van der Waals surface area (Å²) in [4.78, 5) is 0. The molecule has 0 saturated carbocycles. The van der Waals surface area contributed by atoms with Crippen molar-refractivity contribution in [2.75, 3.05) is 0 Å². The molecule has 0 aliphatic heterocycles. The van der Waals surface area contributed by atoms with Crippen LogP contribution in [0.5, 0.6) is 0 Å². The van der Waals surface area contributed by atoms with Crippen molar-refractivity contribution >= 4 is 0 Å². The zero-order valence-electron chi connectivity index (χ0n) is 9.01. The van der Waals surface area contributed by atoms with E-state index in [1.165, 1.54) is 17.5 Å². The van der Waals surface area contributed by atoms with Gasteiger partial charge in [0.1, 0.15) is 6.54 Å². The summed E-state index contributed by atoms with van der Waals surface area (Å²) in [7, 11) is 0. The van der Waals surface area contributed by atoms with Crippen LogP contribution in [0.4, 0.5) is 0 Å². The summed E-state index contributed by atoms with van der Waals surface area (Å²) in [6.45, 7) is 7.79. The molecule has 0 spiro atoms. The molecule has 1 heteroatoms. The van der Waals surface area contributed by atoms with Crippen molar-refractivity contribution in [2.24, 2.45) is 0 Å². The van der Waals surface area contributed by atoms with Crippen LogP contribution >= 0.6 is 0 Å². The molecule has 0 N–H and O–H groups in total. The number of aromatic nitrogens is 1. The topological polar surface area (TPSA) is 3.88 Å². The maximum Gasteiger partial charge on any atom is 0.171 e. The first-order valence-electron chi connectivity index (χ1n) is 5.32. The maximum atomic E-state index is 2.32. The molecular weight excluding hydrogens is 158 g/mol. The minimum absolute atomic E-state index is 1.14. The fourth-order valence-electron chi connectivity index (χ4n) is 1.55. The normalized spacial score (nSPS) is 10.4. The lowest BCUT2D eigenvalue weighted by Gasteiger charge is -2.01. The highest BCUT2D eigenvalue weighted by Crippen LogP contribution is 2.02. The van der Waals surface area contributed by atoms with Crippen LogP contribution in [0.15, 0.2) is 18.5 Å². The van der Waals surface area contributed by atoms with Gasteiger partial charge in [-0.15, -0.1) is 0 Å². The van der Waals surface area contributed by atoms with Crippen LogP contribution in [-0.2, 0) is 19.4 Å². The van der Waals surface area contributed by atoms with Crippen molar-refractivity contribution < 1.29 is 4.57 Å². The third-order valence-corrected chi connectivity index (χ3v) is 2.33. The van der Waals surface area contributed by atoms with Crippen LogP contribution in [0.25, 0.3) is 0 Å². The lowest BCUT2D eigenvalue weighted by molar-refractivity contribution is -0.697. The molecule has 0 bridgehead atoms. The molecule has 1 heterocycles. The third kappa shape index (κ3) is 2.83. The second kappa shape index (κ2) is 5.00. The summed E-state index contributed by atoms with van der Waals surface area (Å²) in [5, 5.41) is 0. The molecule has 0 amide bonds. The first-order valence-corrected chi connectivity index (χ1v) is 5.32. The van der Waals surface area contributed by atoms with Crippen LogP contribution in [0.3, 0.4) is 0 Å². The van der Waals surface area contributed by atoms with Crippen molar-refractivity contribution in [1.29, 1.82) is 0 Å². The van der Waals surface area contributed by atoms with E-state index < -0.39 is 0 Å². The van der Waals surface area contributed by atoms with Crippen LogP contribution in [0, 0.1) is 0 Å². The van der Waals surface area contributed by atoms with Crippen molar-refractivity contribution in [3.05, 3.63) is 29.6 Å². The van der Waals surface area contributed by atoms with Crippen molar-refractivity contribution in [2.45, 2.75) is 46.6 Å². The van der Waals surface area contributed by atoms with E-state index in [2.05, 4.69) is 43.8 Å². The lowest BCUT2D eigenvalue weighted by Crippen LogP contribution is -2.33. The van der Waals surface area contributed by atoms with Crippen LogP contribution < -0.4 is 4.57 Å². The summed E-state index contributed by atoms with van der Waals surface area (Å²) in [5.41, 5.74) is 2.90. The molecule has 0 atom stereocenters. The highest BCUT2D eigenvalue weighted by Gasteiger charge is 2.03. The number of nitrogens with zero attached hydrogens (tertiary/aromatic N) is 1. The molecule has 72 valence electrons. The summed E-state index contributed by atoms with van der Waals surface area (Å²) >= 11 is 0. The maximum absolute atomic E-state index is 2.32. The van der Waals surface area contributed by atoms with Gasteiger partial charge in [-0.3, -0.25) is 0 Å². The Morgan fingerprint density at radius 1 is 1.00 bits per heavy atom. The van der Waals surface area contributed by atoms with E-state index in [0.29, 0.717) is 0 Å². The Labute approximate surface area is 81.4 Å². The van der Waals surface area contributed by atoms with Crippen LogP contribution in [0.2, 0.25) is 0 Å². The summed E-state index contributed by atoms with van der Waals surface area (Å²) in [5.74, 6) is 0. The highest BCUT2D eigenvalue weighted by atomic mass is 14.9. The molecular formula is C12H20N+. The fourth-order valence-corrected chi connectivity index (χ4v) is 1.55. The highest BCUT2D eigenvalue weighted by molar-refractivity contribution is 5.14. The second-order valence-electron chi connectivity index (χ2n) is 3.50. The second-order valence-corrected chi connectivity index (χ2v) is 3.50. The van der Waals surface area contributed by atoms with Gasteiger partial charge in [-0.05, 0) is 18.9 Å². The van der Waals surface area contributed by atoms with Gasteiger partial charge in [0, 0.05) is 17.5 Å². The average Bonchev–Trinajstić information content (AvgIpc) is 2.17. The van der Waals surface area contributed by atoms with Gasteiger partial charge >= 0.3 is 0 Å². The third-order valence-electron chi connectivity index (χ3n) is 2.33. The van der Waals surface area contributed by atoms with Crippen molar-refractivity contribution in [3.8, 4) is 0 Å². The smallest absolute Gasteiger partial charge is 0.171 e. The monoisotopic (exact) mass is 178 g/mol. The largest absolute Gasteiger partial charge is 0.205 e. The van der Waals surface area contributed by atoms with E-state index >= 15 is 0 Å². The van der Waals surface area contributed by atoms with Crippen LogP contribution in [-0.4, -0.2) is 0 Å². The number of aryl methyl sites for hydroxylation is 3. The predicted octanol–water partition coefficient (Wildman–Crippen LogP) is 2.51. The summed E-state index contributed by atoms with van der Waals surface area (Å²) in [6, 6.07) is 2.31. The molecule has 13 heavy (non-hydrogen) atoms. The Kier molecular flexibility index (Phi) is 3.94. The minimum atomic E-state index is 1.14. The molecule has 0 aliphatic carbocycles. The Morgan fingerprint density at radius 3 is 1.92 bits per heavy atom. The predicted molar refractivity (Wildman–Crippen MR) is 55.7 cm³/mol. The number of rotatable bonds is 4. The van der Waals surface area contributed by atoms with Gasteiger partial charge in [0.2, 0.25) is 0 Å². The SMILES string of the molecule is CCC[n+]1cc(CC)cc(CC)c1. The van der Waals surface area contributed by atoms with Gasteiger partial charge in [-0.25, -0.2) is 4.57 Å². The molecule has 0 aliphatic rings. The zero-order chi connectivity index (χ0) is 9.68. The lowest BCUT2D eigenvalue weighted by atomic mass is 10.1. The van der Waals surface area contributed by atoms with Crippen LogP contribution in [0.1, 0.15) is 38.3 Å². The Morgan fingerprint density at radius 2 is 1.54 bits per heavy atom. The van der Waals surface area contributed by atoms with Gasteiger partial charge in [0.25, 0.3) is 0 Å². The summed E-state index contributed by atoms with van der Waals surface area (Å²) < 4.78 is 2.32. The molecule has 0 saturated heterocycles. The van der Waals surface area contributed by atoms with Crippen molar-refractivity contribution in [3.63, 3.8) is 0 Å². The molecule has 1 aromatic heterocycles. The van der Waals surface area contributed by atoms with E-state index in [4.69, 9.17) is 0 Å². The van der Waals surface area contributed by atoms with E-state index in [1.54, 1.807) is 0 Å². The standard InChI is InChI=1S/C12H20N/c1-4-7-13-9-11(5-2)8-12(6-3)10-13/h8-10H,4-7H2,1-3H3/q+1. The zero-order valence-corrected chi connectivity index (χ0v) is 9.01. The minimum Gasteiger partial charge on any atom is -0.205 e. The first kappa shape index (κ1) is 10.2. The molecule has 1 aromatic rings. The first-order chi connectivity index (χ1) is 6.30. The Bertz CT molecular complexity index is 244. The van der Waals surface area contributed by atoms with Gasteiger partial charge in [0.15, 0.2) is 12.4 Å². The molecule has 0 radical (unpaired) electrons. The van der Waals surface area contributed by atoms with E-state index in [9.17, 15) is 0 Å². The van der Waals surface area contributed by atoms with Crippen molar-refractivity contribution in [1.82, 2.24) is 0 Å². The number of pyridine rings is 1. The van der Waals surface area contributed by atoms with Gasteiger partial charge < -0.3 is 0 Å². The van der Waals surface area contributed by atoms with Gasteiger partial charge in [0.05, 0.1) is 0 Å². The van der Waals surface area contributed by atoms with E-state index in [0.717, 1.165) is 19.4 Å². The fraction of sp³-hybridized carbons (Fsp3) is 0.583. The summed E-state index contributed by atoms with van der Waals surface area (Å²) in [6.07, 6.45) is 8.02. The molecule has 0 unspecified atom stereocenters. The molecule has 0 fully saturated rings. The number of hydrogen-bond donors (Lipinski definition) is 0. The van der Waals surface area contributed by atoms with Gasteiger partial charge in [-0.2, -0.15) is 0 Å². The van der Waals surface area contributed by atoms with E-state index in [-0.39, 0.29) is 0 Å². The molecule has 0 aromatic carbocycles. The Hall–Kier alpha value is -0.850.